The van der Waals surface area contributed by atoms with Gasteiger partial charge < -0.3 is 14.4 Å². The van der Waals surface area contributed by atoms with Crippen LogP contribution in [0.4, 0.5) is 4.79 Å². The molecular weight excluding hydrogens is 274 g/mol. The van der Waals surface area contributed by atoms with Crippen molar-refractivity contribution in [3.8, 4) is 0 Å². The van der Waals surface area contributed by atoms with E-state index in [1.165, 1.54) is 14.0 Å². The number of methoxy groups -OCH3 is 1. The molecule has 0 aromatic carbocycles. The zero-order valence-electron chi connectivity index (χ0n) is 13.5. The van der Waals surface area contributed by atoms with E-state index in [1.807, 2.05) is 20.8 Å². The van der Waals surface area contributed by atoms with Crippen molar-refractivity contribution in [3.05, 3.63) is 0 Å². The molecule has 0 unspecified atom stereocenters. The minimum Gasteiger partial charge on any atom is -0.469 e. The van der Waals surface area contributed by atoms with Gasteiger partial charge in [0.15, 0.2) is 0 Å². The molecule has 0 N–H and O–H groups in total. The van der Waals surface area contributed by atoms with Gasteiger partial charge in [0.1, 0.15) is 11.4 Å². The van der Waals surface area contributed by atoms with Gasteiger partial charge in [-0.3, -0.25) is 9.59 Å². The van der Waals surface area contributed by atoms with Crippen molar-refractivity contribution < 1.29 is 23.9 Å². The maximum atomic E-state index is 12.0. The summed E-state index contributed by atoms with van der Waals surface area (Å²) in [5.74, 6) is -0.423. The number of carbonyl (C=O) groups is 3. The fourth-order valence-electron chi connectivity index (χ4n) is 2.59. The van der Waals surface area contributed by atoms with E-state index in [0.717, 1.165) is 0 Å². The molecule has 120 valence electrons. The number of likely N-dealkylation sites (tertiary alicyclic amines) is 1. The maximum absolute atomic E-state index is 12.0. The summed E-state index contributed by atoms with van der Waals surface area (Å²) in [6.45, 7) is 7.66. The van der Waals surface area contributed by atoms with Crippen LogP contribution in [0.15, 0.2) is 0 Å². The molecule has 1 amide bonds. The Morgan fingerprint density at radius 2 is 1.67 bits per heavy atom. The molecule has 1 aliphatic heterocycles. The van der Waals surface area contributed by atoms with Crippen LogP contribution in [0.5, 0.6) is 0 Å². The second-order valence-electron chi connectivity index (χ2n) is 6.62. The SMILES string of the molecule is COC(=O)C1(CC(C)=O)CCN(C(=O)OC(C)(C)C)CC1. The Bertz CT molecular complexity index is 416. The van der Waals surface area contributed by atoms with E-state index in [0.29, 0.717) is 25.9 Å². The fourth-order valence-corrected chi connectivity index (χ4v) is 2.59. The summed E-state index contributed by atoms with van der Waals surface area (Å²) in [5, 5.41) is 0. The number of ketones is 1. The van der Waals surface area contributed by atoms with Crippen LogP contribution in [0.2, 0.25) is 0 Å². The molecule has 0 radical (unpaired) electrons. The van der Waals surface area contributed by atoms with Crippen LogP contribution in [-0.2, 0) is 19.1 Å². The molecule has 1 saturated heterocycles. The summed E-state index contributed by atoms with van der Waals surface area (Å²) in [5.41, 5.74) is -1.35. The first-order valence-electron chi connectivity index (χ1n) is 7.15. The van der Waals surface area contributed by atoms with Gasteiger partial charge in [-0.1, -0.05) is 0 Å². The molecule has 0 aromatic rings. The van der Waals surface area contributed by atoms with E-state index in [4.69, 9.17) is 9.47 Å². The van der Waals surface area contributed by atoms with Crippen LogP contribution < -0.4 is 0 Å². The summed E-state index contributed by atoms with van der Waals surface area (Å²) in [6.07, 6.45) is 0.600. The van der Waals surface area contributed by atoms with Crippen molar-refractivity contribution >= 4 is 17.8 Å². The zero-order chi connectivity index (χ0) is 16.3. The Morgan fingerprint density at radius 3 is 2.05 bits per heavy atom. The van der Waals surface area contributed by atoms with E-state index >= 15 is 0 Å². The molecule has 1 rings (SSSR count). The highest BCUT2D eigenvalue weighted by atomic mass is 16.6. The lowest BCUT2D eigenvalue weighted by atomic mass is 9.74. The molecule has 0 aromatic heterocycles. The molecule has 0 bridgehead atoms. The second kappa shape index (κ2) is 6.45. The fraction of sp³-hybridized carbons (Fsp3) is 0.800. The highest BCUT2D eigenvalue weighted by Crippen LogP contribution is 2.37. The number of nitrogens with zero attached hydrogens (tertiary/aromatic N) is 1. The smallest absolute Gasteiger partial charge is 0.410 e. The standard InChI is InChI=1S/C15H25NO5/c1-11(17)10-15(12(18)20-5)6-8-16(9-7-15)13(19)21-14(2,3)4/h6-10H2,1-5H3. The van der Waals surface area contributed by atoms with Crippen molar-refractivity contribution in [1.29, 1.82) is 0 Å². The minimum atomic E-state index is -0.806. The van der Waals surface area contributed by atoms with Gasteiger partial charge in [0.05, 0.1) is 12.5 Å². The number of carbonyl (C=O) groups excluding carboxylic acids is 3. The lowest BCUT2D eigenvalue weighted by Crippen LogP contribution is -2.48. The predicted octanol–water partition coefficient (Wildman–Crippen LogP) is 2.16. The van der Waals surface area contributed by atoms with Crippen LogP contribution >= 0.6 is 0 Å². The topological polar surface area (TPSA) is 72.9 Å². The first kappa shape index (κ1) is 17.5. The summed E-state index contributed by atoms with van der Waals surface area (Å²) in [6, 6.07) is 0. The first-order chi connectivity index (χ1) is 9.59. The van der Waals surface area contributed by atoms with E-state index in [2.05, 4.69) is 0 Å². The maximum Gasteiger partial charge on any atom is 0.410 e. The average Bonchev–Trinajstić information content (AvgIpc) is 2.35. The molecule has 0 atom stereocenters. The lowest BCUT2D eigenvalue weighted by molar-refractivity contribution is -0.158. The van der Waals surface area contributed by atoms with Gasteiger partial charge in [-0.25, -0.2) is 4.79 Å². The Hall–Kier alpha value is -1.59. The Balaban J connectivity index is 2.72. The summed E-state index contributed by atoms with van der Waals surface area (Å²) >= 11 is 0. The van der Waals surface area contributed by atoms with Crippen molar-refractivity contribution in [3.63, 3.8) is 0 Å². The van der Waals surface area contributed by atoms with Crippen molar-refractivity contribution in [1.82, 2.24) is 4.90 Å². The molecule has 1 aliphatic rings. The van der Waals surface area contributed by atoms with Crippen LogP contribution in [0.25, 0.3) is 0 Å². The van der Waals surface area contributed by atoms with Gasteiger partial charge in [0, 0.05) is 19.5 Å². The number of Topliss-reactive ketones (excluding diaryl/α,β-unsaturated/α-hetero) is 1. The third kappa shape index (κ3) is 4.72. The number of esters is 1. The van der Waals surface area contributed by atoms with E-state index in [9.17, 15) is 14.4 Å². The van der Waals surface area contributed by atoms with E-state index in [-0.39, 0.29) is 24.3 Å². The van der Waals surface area contributed by atoms with Crippen molar-refractivity contribution in [2.24, 2.45) is 5.41 Å². The zero-order valence-corrected chi connectivity index (χ0v) is 13.5. The number of rotatable bonds is 3. The highest BCUT2D eigenvalue weighted by molar-refractivity contribution is 5.86. The van der Waals surface area contributed by atoms with Crippen LogP contribution in [-0.4, -0.2) is 48.5 Å². The van der Waals surface area contributed by atoms with E-state index in [1.54, 1.807) is 4.90 Å². The number of hydrogen-bond acceptors (Lipinski definition) is 5. The average molecular weight is 299 g/mol. The van der Waals surface area contributed by atoms with Gasteiger partial charge >= 0.3 is 12.1 Å². The predicted molar refractivity (Wildman–Crippen MR) is 76.8 cm³/mol. The lowest BCUT2D eigenvalue weighted by Gasteiger charge is -2.39. The molecule has 0 saturated carbocycles. The highest BCUT2D eigenvalue weighted by Gasteiger charge is 2.44. The monoisotopic (exact) mass is 299 g/mol. The molecule has 21 heavy (non-hydrogen) atoms. The van der Waals surface area contributed by atoms with Gasteiger partial charge in [-0.05, 0) is 40.5 Å². The van der Waals surface area contributed by atoms with Gasteiger partial charge in [-0.15, -0.1) is 0 Å². The Labute approximate surface area is 125 Å². The second-order valence-corrected chi connectivity index (χ2v) is 6.62. The summed E-state index contributed by atoms with van der Waals surface area (Å²) in [4.78, 5) is 37.0. The number of amides is 1. The normalized spacial score (nSPS) is 18.0. The van der Waals surface area contributed by atoms with Crippen LogP contribution in [0.1, 0.15) is 47.0 Å². The number of ether oxygens (including phenoxy) is 2. The molecule has 6 nitrogen and oxygen atoms in total. The first-order valence-corrected chi connectivity index (χ1v) is 7.15. The van der Waals surface area contributed by atoms with Crippen LogP contribution in [0, 0.1) is 5.41 Å². The number of hydrogen-bond donors (Lipinski definition) is 0. The van der Waals surface area contributed by atoms with Crippen molar-refractivity contribution in [2.75, 3.05) is 20.2 Å². The summed E-state index contributed by atoms with van der Waals surface area (Å²) < 4.78 is 10.2. The van der Waals surface area contributed by atoms with Gasteiger partial charge in [-0.2, -0.15) is 0 Å². The molecule has 0 spiro atoms. The van der Waals surface area contributed by atoms with Gasteiger partial charge in [0.25, 0.3) is 0 Å². The third-order valence-electron chi connectivity index (χ3n) is 3.58. The minimum absolute atomic E-state index is 0.0499. The molecule has 1 heterocycles. The molecular formula is C15H25NO5. The quantitative estimate of drug-likeness (QED) is 0.747. The Morgan fingerprint density at radius 1 is 1.14 bits per heavy atom. The molecule has 0 aliphatic carbocycles. The summed E-state index contributed by atoms with van der Waals surface area (Å²) in [7, 11) is 1.32. The largest absolute Gasteiger partial charge is 0.469 e. The van der Waals surface area contributed by atoms with E-state index < -0.39 is 11.0 Å². The van der Waals surface area contributed by atoms with Crippen LogP contribution in [0.3, 0.4) is 0 Å². The van der Waals surface area contributed by atoms with Gasteiger partial charge in [0.2, 0.25) is 0 Å². The third-order valence-corrected chi connectivity index (χ3v) is 3.58. The Kier molecular flexibility index (Phi) is 5.36. The number of piperidine rings is 1. The molecule has 1 fully saturated rings. The van der Waals surface area contributed by atoms with Crippen molar-refractivity contribution in [2.45, 2.75) is 52.6 Å². The molecule has 6 heteroatoms.